The van der Waals surface area contributed by atoms with Crippen molar-refractivity contribution in [2.45, 2.75) is 13.0 Å². The van der Waals surface area contributed by atoms with Crippen LogP contribution in [0.1, 0.15) is 12.0 Å². The average Bonchev–Trinajstić information content (AvgIpc) is 2.72. The molecule has 2 aromatic rings. The Bertz CT molecular complexity index is 947. The second kappa shape index (κ2) is 9.25. The third-order valence-corrected chi connectivity index (χ3v) is 6.59. The fraction of sp³-hybridized carbons (Fsp3) is 0.350. The van der Waals surface area contributed by atoms with Crippen LogP contribution in [0.5, 0.6) is 11.5 Å². The van der Waals surface area contributed by atoms with E-state index in [4.69, 9.17) is 9.47 Å². The average molecular weight is 420 g/mol. The van der Waals surface area contributed by atoms with Crippen molar-refractivity contribution >= 4 is 21.8 Å². The number of hydrogen-bond acceptors (Lipinski definition) is 5. The molecular formula is C20H25N3O5S. The van der Waals surface area contributed by atoms with Gasteiger partial charge in [0.1, 0.15) is 11.5 Å². The Balaban J connectivity index is 1.65. The first-order valence-electron chi connectivity index (χ1n) is 9.24. The monoisotopic (exact) mass is 419 g/mol. The molecule has 156 valence electrons. The zero-order chi connectivity index (χ0) is 20.9. The third kappa shape index (κ3) is 5.26. The van der Waals surface area contributed by atoms with Gasteiger partial charge >= 0.3 is 0 Å². The molecule has 1 aliphatic rings. The van der Waals surface area contributed by atoms with Crippen LogP contribution in [0.4, 0.5) is 5.69 Å². The summed E-state index contributed by atoms with van der Waals surface area (Å²) in [6.07, 6.45) is 0.655. The summed E-state index contributed by atoms with van der Waals surface area (Å²) < 4.78 is 38.8. The lowest BCUT2D eigenvalue weighted by molar-refractivity contribution is -0.116. The maximum Gasteiger partial charge on any atom is 0.282 e. The Labute approximate surface area is 171 Å². The van der Waals surface area contributed by atoms with Gasteiger partial charge in [0.15, 0.2) is 0 Å². The summed E-state index contributed by atoms with van der Waals surface area (Å²) in [7, 11) is -0.606. The van der Waals surface area contributed by atoms with Gasteiger partial charge in [-0.15, -0.1) is 0 Å². The highest BCUT2D eigenvalue weighted by molar-refractivity contribution is 7.86. The molecule has 0 aromatic heterocycles. The highest BCUT2D eigenvalue weighted by Gasteiger charge is 2.34. The van der Waals surface area contributed by atoms with Crippen molar-refractivity contribution in [2.24, 2.45) is 0 Å². The minimum absolute atomic E-state index is 0.237. The Hall–Kier alpha value is -2.62. The molecule has 0 radical (unpaired) electrons. The lowest BCUT2D eigenvalue weighted by Crippen LogP contribution is -2.51. The molecule has 1 aliphatic heterocycles. The molecule has 0 spiro atoms. The van der Waals surface area contributed by atoms with Crippen molar-refractivity contribution in [3.8, 4) is 11.5 Å². The number of amides is 1. The number of ether oxygens (including phenoxy) is 2. The number of methoxy groups -OCH3 is 2. The summed E-state index contributed by atoms with van der Waals surface area (Å²) in [5, 5.41) is 2.72. The van der Waals surface area contributed by atoms with Crippen LogP contribution in [0.15, 0.2) is 48.5 Å². The molecule has 3 rings (SSSR count). The molecule has 1 fully saturated rings. The predicted octanol–water partition coefficient (Wildman–Crippen LogP) is 2.09. The summed E-state index contributed by atoms with van der Waals surface area (Å²) in [6.45, 7) is 0.744. The van der Waals surface area contributed by atoms with Crippen molar-refractivity contribution < 1.29 is 22.7 Å². The molecule has 1 amide bonds. The molecule has 0 aliphatic carbocycles. The fourth-order valence-electron chi connectivity index (χ4n) is 3.13. The number of rotatable bonds is 7. The van der Waals surface area contributed by atoms with Gasteiger partial charge in [-0.2, -0.15) is 17.0 Å². The Kier molecular flexibility index (Phi) is 6.73. The van der Waals surface area contributed by atoms with Crippen LogP contribution in [0, 0.1) is 0 Å². The highest BCUT2D eigenvalue weighted by atomic mass is 32.2. The second-order valence-electron chi connectivity index (χ2n) is 6.66. The lowest BCUT2D eigenvalue weighted by atomic mass is 10.2. The van der Waals surface area contributed by atoms with Gasteiger partial charge in [-0.25, -0.2) is 0 Å². The van der Waals surface area contributed by atoms with E-state index >= 15 is 0 Å². The van der Waals surface area contributed by atoms with Crippen molar-refractivity contribution in [3.05, 3.63) is 54.1 Å². The minimum atomic E-state index is -3.73. The van der Waals surface area contributed by atoms with Crippen LogP contribution >= 0.6 is 0 Å². The minimum Gasteiger partial charge on any atom is -0.497 e. The molecule has 0 saturated carbocycles. The molecule has 29 heavy (non-hydrogen) atoms. The Morgan fingerprint density at radius 3 is 2.38 bits per heavy atom. The van der Waals surface area contributed by atoms with Crippen LogP contribution in [-0.2, 0) is 21.5 Å². The van der Waals surface area contributed by atoms with Crippen LogP contribution in [-0.4, -0.2) is 56.8 Å². The largest absolute Gasteiger partial charge is 0.497 e. The van der Waals surface area contributed by atoms with E-state index in [1.165, 1.54) is 8.61 Å². The van der Waals surface area contributed by atoms with E-state index in [0.29, 0.717) is 36.7 Å². The summed E-state index contributed by atoms with van der Waals surface area (Å²) in [5.74, 6) is 0.929. The van der Waals surface area contributed by atoms with Gasteiger partial charge in [0.05, 0.1) is 20.8 Å². The standard InChI is InChI=1S/C20H25N3O5S/c1-27-18-9-7-16(8-10-18)14-22-11-4-12-23(29(22,25)26)15-20(24)21-17-5-3-6-19(13-17)28-2/h3,5-10,13H,4,11-12,14-15H2,1-2H3,(H,21,24). The number of hydrogen-bond donors (Lipinski definition) is 1. The number of nitrogens with zero attached hydrogens (tertiary/aromatic N) is 2. The predicted molar refractivity (Wildman–Crippen MR) is 110 cm³/mol. The number of benzene rings is 2. The molecule has 9 heteroatoms. The fourth-order valence-corrected chi connectivity index (χ4v) is 4.77. The second-order valence-corrected chi connectivity index (χ2v) is 8.59. The van der Waals surface area contributed by atoms with Crippen molar-refractivity contribution in [2.75, 3.05) is 39.2 Å². The van der Waals surface area contributed by atoms with E-state index in [2.05, 4.69) is 5.32 Å². The summed E-state index contributed by atoms with van der Waals surface area (Å²) in [5.41, 5.74) is 1.41. The zero-order valence-corrected chi connectivity index (χ0v) is 17.3. The first kappa shape index (κ1) is 21.1. The molecule has 0 unspecified atom stereocenters. The normalized spacial score (nSPS) is 16.9. The first-order chi connectivity index (χ1) is 13.9. The molecule has 0 bridgehead atoms. The molecule has 8 nitrogen and oxygen atoms in total. The van der Waals surface area contributed by atoms with E-state index in [0.717, 1.165) is 5.56 Å². The lowest BCUT2D eigenvalue weighted by Gasteiger charge is -2.34. The zero-order valence-electron chi connectivity index (χ0n) is 16.5. The maximum atomic E-state index is 13.0. The van der Waals surface area contributed by atoms with Gasteiger partial charge in [-0.1, -0.05) is 18.2 Å². The van der Waals surface area contributed by atoms with Crippen LogP contribution < -0.4 is 14.8 Å². The van der Waals surface area contributed by atoms with E-state index < -0.39 is 16.1 Å². The van der Waals surface area contributed by atoms with Gasteiger partial charge < -0.3 is 14.8 Å². The van der Waals surface area contributed by atoms with Gasteiger partial charge in [-0.3, -0.25) is 4.79 Å². The van der Waals surface area contributed by atoms with Gasteiger partial charge in [-0.05, 0) is 36.2 Å². The van der Waals surface area contributed by atoms with E-state index in [9.17, 15) is 13.2 Å². The number of carbonyl (C=O) groups is 1. The van der Waals surface area contributed by atoms with E-state index in [-0.39, 0.29) is 13.1 Å². The molecule has 2 aromatic carbocycles. The van der Waals surface area contributed by atoms with E-state index in [1.54, 1.807) is 50.6 Å². The van der Waals surface area contributed by atoms with Gasteiger partial charge in [0.25, 0.3) is 10.2 Å². The molecule has 1 saturated heterocycles. The van der Waals surface area contributed by atoms with Crippen LogP contribution in [0.25, 0.3) is 0 Å². The van der Waals surface area contributed by atoms with E-state index in [1.807, 2.05) is 12.1 Å². The van der Waals surface area contributed by atoms with Gasteiger partial charge in [0.2, 0.25) is 5.91 Å². The molecular weight excluding hydrogens is 394 g/mol. The summed E-state index contributed by atoms with van der Waals surface area (Å²) >= 11 is 0. The third-order valence-electron chi connectivity index (χ3n) is 4.66. The van der Waals surface area contributed by atoms with Gasteiger partial charge in [0, 0.05) is 31.4 Å². The molecule has 1 N–H and O–H groups in total. The van der Waals surface area contributed by atoms with Crippen LogP contribution in [0.3, 0.4) is 0 Å². The topological polar surface area (TPSA) is 88.2 Å². The SMILES string of the molecule is COc1ccc(CN2CCCN(CC(=O)Nc3cccc(OC)c3)S2(=O)=O)cc1. The Morgan fingerprint density at radius 2 is 1.69 bits per heavy atom. The Morgan fingerprint density at radius 1 is 1.00 bits per heavy atom. The van der Waals surface area contributed by atoms with Crippen molar-refractivity contribution in [1.82, 2.24) is 8.61 Å². The first-order valence-corrected chi connectivity index (χ1v) is 10.6. The number of carbonyl (C=O) groups excluding carboxylic acids is 1. The van der Waals surface area contributed by atoms with Crippen molar-refractivity contribution in [3.63, 3.8) is 0 Å². The smallest absolute Gasteiger partial charge is 0.282 e. The number of nitrogens with one attached hydrogen (secondary N) is 1. The van der Waals surface area contributed by atoms with Crippen molar-refractivity contribution in [1.29, 1.82) is 0 Å². The van der Waals surface area contributed by atoms with Crippen LogP contribution in [0.2, 0.25) is 0 Å². The summed E-state index contributed by atoms with van der Waals surface area (Å²) in [6, 6.07) is 14.2. The number of anilines is 1. The maximum absolute atomic E-state index is 13.0. The molecule has 0 atom stereocenters. The molecule has 1 heterocycles. The highest BCUT2D eigenvalue weighted by Crippen LogP contribution is 2.21. The summed E-state index contributed by atoms with van der Waals surface area (Å²) in [4.78, 5) is 12.4. The quantitative estimate of drug-likeness (QED) is 0.743.